The van der Waals surface area contributed by atoms with Crippen molar-refractivity contribution in [2.45, 2.75) is 20.6 Å². The Hall–Kier alpha value is -4.23. The number of rotatable bonds is 8. The zero-order valence-corrected chi connectivity index (χ0v) is 23.6. The number of nitrogens with zero attached hydrogens (tertiary/aromatic N) is 7. The van der Waals surface area contributed by atoms with Gasteiger partial charge in [-0.05, 0) is 26.0 Å². The molecule has 4 aromatic rings. The van der Waals surface area contributed by atoms with Crippen molar-refractivity contribution in [2.75, 3.05) is 33.3 Å². The number of methoxy groups -OCH3 is 1. The van der Waals surface area contributed by atoms with Gasteiger partial charge in [0.2, 0.25) is 6.41 Å². The summed E-state index contributed by atoms with van der Waals surface area (Å²) in [4.78, 5) is 64.6. The maximum Gasteiger partial charge on any atom is 0.328 e. The highest BCUT2D eigenvalue weighted by Crippen LogP contribution is 2.35. The number of piperazine rings is 1. The second-order valence-corrected chi connectivity index (χ2v) is 9.75. The predicted octanol–water partition coefficient (Wildman–Crippen LogP) is 1.92. The van der Waals surface area contributed by atoms with Crippen molar-refractivity contribution in [1.29, 1.82) is 0 Å². The first-order valence-corrected chi connectivity index (χ1v) is 13.7. The molecule has 41 heavy (non-hydrogen) atoms. The van der Waals surface area contributed by atoms with Crippen molar-refractivity contribution in [3.63, 3.8) is 0 Å². The summed E-state index contributed by atoms with van der Waals surface area (Å²) in [5, 5.41) is 4.78. The summed E-state index contributed by atoms with van der Waals surface area (Å²) in [7, 11) is -1.07. The smallest absolute Gasteiger partial charge is 0.328 e. The Balaban J connectivity index is 0.000000208. The van der Waals surface area contributed by atoms with Crippen molar-refractivity contribution in [3.8, 4) is 11.6 Å². The predicted molar refractivity (Wildman–Crippen MR) is 148 cm³/mol. The molecule has 15 heteroatoms. The summed E-state index contributed by atoms with van der Waals surface area (Å²) in [5.74, 6) is 1.25. The van der Waals surface area contributed by atoms with E-state index in [1.165, 1.54) is 31.2 Å². The lowest BCUT2D eigenvalue weighted by Crippen LogP contribution is -2.48. The number of ketones is 1. The molecule has 1 aromatic carbocycles. The monoisotopic (exact) mass is 583 g/mol. The molecule has 5 rings (SSSR count). The van der Waals surface area contributed by atoms with Crippen molar-refractivity contribution in [1.82, 2.24) is 34.1 Å². The SMILES string of the molecule is COc1cnc(-n2cnc(C)n2)c2c1c(C(C)=O)cn2COP(O)O.O=CN1CCN(C(=O)c2ccccc2)CC1. The lowest BCUT2D eigenvalue weighted by Gasteiger charge is -2.32. The van der Waals surface area contributed by atoms with Gasteiger partial charge in [0.15, 0.2) is 11.6 Å². The maximum atomic E-state index is 12.1. The largest absolute Gasteiger partial charge is 0.494 e. The quantitative estimate of drug-likeness (QED) is 0.178. The van der Waals surface area contributed by atoms with Crippen molar-refractivity contribution >= 4 is 37.6 Å². The van der Waals surface area contributed by atoms with Gasteiger partial charge in [0.05, 0.1) is 18.7 Å². The summed E-state index contributed by atoms with van der Waals surface area (Å²) in [5.41, 5.74) is 1.62. The number of ether oxygens (including phenoxy) is 1. The highest BCUT2D eigenvalue weighted by molar-refractivity contribution is 7.39. The van der Waals surface area contributed by atoms with Crippen LogP contribution >= 0.6 is 8.60 Å². The number of aromatic nitrogens is 5. The minimum Gasteiger partial charge on any atom is -0.494 e. The first kappa shape index (κ1) is 29.7. The Morgan fingerprint density at radius 1 is 1.10 bits per heavy atom. The highest BCUT2D eigenvalue weighted by Gasteiger charge is 2.23. The van der Waals surface area contributed by atoms with Crippen LogP contribution in [0.15, 0.2) is 49.1 Å². The summed E-state index contributed by atoms with van der Waals surface area (Å²) >= 11 is 0. The van der Waals surface area contributed by atoms with E-state index in [1.54, 1.807) is 27.5 Å². The van der Waals surface area contributed by atoms with Gasteiger partial charge in [-0.25, -0.2) is 14.6 Å². The molecule has 1 saturated heterocycles. The maximum absolute atomic E-state index is 12.1. The third-order valence-electron chi connectivity index (χ3n) is 6.35. The number of hydrogen-bond acceptors (Lipinski definition) is 10. The second kappa shape index (κ2) is 13.4. The van der Waals surface area contributed by atoms with Crippen LogP contribution in [0, 0.1) is 6.92 Å². The Labute approximate surface area is 236 Å². The summed E-state index contributed by atoms with van der Waals surface area (Å²) in [6.07, 6.45) is 5.39. The molecular weight excluding hydrogens is 553 g/mol. The number of benzene rings is 1. The number of aryl methyl sites for hydroxylation is 1. The molecule has 1 aliphatic rings. The van der Waals surface area contributed by atoms with Gasteiger partial charge < -0.3 is 28.9 Å². The van der Waals surface area contributed by atoms with Gasteiger partial charge in [-0.1, -0.05) is 18.2 Å². The van der Waals surface area contributed by atoms with Crippen molar-refractivity contribution < 1.29 is 33.4 Å². The standard InChI is InChI=1S/C14H16N5O5P.C12H14N2O2/c1-8(20)10-5-18(7-24-25(21)22)13-12(10)11(23-3)4-15-14(13)19-6-16-9(2)17-19;15-10-13-6-8-14(9-7-13)12(16)11-4-2-1-3-5-11/h4-6,21-22H,7H2,1-3H3;1-5,10H,6-9H2. The molecule has 14 nitrogen and oxygen atoms in total. The Morgan fingerprint density at radius 2 is 1.80 bits per heavy atom. The number of Topliss-reactive ketones (excluding diaryl/α,β-unsaturated/α-hetero) is 1. The Bertz CT molecular complexity index is 1520. The van der Waals surface area contributed by atoms with Gasteiger partial charge in [0.1, 0.15) is 30.1 Å². The molecule has 2 N–H and O–H groups in total. The van der Waals surface area contributed by atoms with E-state index in [4.69, 9.17) is 19.0 Å². The molecule has 0 unspecified atom stereocenters. The number of amides is 2. The molecule has 3 aromatic heterocycles. The third-order valence-corrected chi connectivity index (χ3v) is 6.69. The Morgan fingerprint density at radius 3 is 2.37 bits per heavy atom. The van der Waals surface area contributed by atoms with Gasteiger partial charge in [-0.2, -0.15) is 5.10 Å². The highest BCUT2D eigenvalue weighted by atomic mass is 31.2. The van der Waals surface area contributed by atoms with Crippen LogP contribution in [0.3, 0.4) is 0 Å². The Kier molecular flexibility index (Phi) is 9.73. The minimum absolute atomic E-state index is 0.0474. The van der Waals surface area contributed by atoms with Crippen LogP contribution in [0.2, 0.25) is 0 Å². The molecule has 0 atom stereocenters. The normalized spacial score (nSPS) is 13.2. The topological polar surface area (TPSA) is 165 Å². The first-order valence-electron chi connectivity index (χ1n) is 12.5. The minimum atomic E-state index is -2.55. The van der Waals surface area contributed by atoms with E-state index in [1.807, 2.05) is 30.3 Å². The van der Waals surface area contributed by atoms with E-state index in [0.29, 0.717) is 65.6 Å². The summed E-state index contributed by atoms with van der Waals surface area (Å²) in [6, 6.07) is 9.23. The van der Waals surface area contributed by atoms with Gasteiger partial charge in [0, 0.05) is 43.5 Å². The fourth-order valence-corrected chi connectivity index (χ4v) is 4.57. The van der Waals surface area contributed by atoms with Gasteiger partial charge >= 0.3 is 8.60 Å². The van der Waals surface area contributed by atoms with Gasteiger partial charge in [-0.15, -0.1) is 0 Å². The molecule has 216 valence electrons. The second-order valence-electron chi connectivity index (χ2n) is 8.99. The van der Waals surface area contributed by atoms with E-state index in [-0.39, 0.29) is 18.4 Å². The molecular formula is C26H30N7O7P. The molecule has 1 fully saturated rings. The van der Waals surface area contributed by atoms with Crippen LogP contribution in [0.4, 0.5) is 0 Å². The molecule has 0 aliphatic carbocycles. The lowest BCUT2D eigenvalue weighted by atomic mass is 10.1. The number of fused-ring (bicyclic) bond motifs is 1. The van der Waals surface area contributed by atoms with E-state index in [0.717, 1.165) is 6.41 Å². The molecule has 1 aliphatic heterocycles. The molecule has 0 bridgehead atoms. The van der Waals surface area contributed by atoms with Crippen LogP contribution in [-0.4, -0.2) is 95.3 Å². The molecule has 2 amide bonds. The van der Waals surface area contributed by atoms with E-state index < -0.39 is 8.60 Å². The number of carbonyl (C=O) groups is 3. The number of pyridine rings is 1. The molecule has 0 spiro atoms. The average molecular weight is 584 g/mol. The van der Waals surface area contributed by atoms with Crippen molar-refractivity contribution in [2.24, 2.45) is 0 Å². The van der Waals surface area contributed by atoms with E-state index in [2.05, 4.69) is 15.1 Å². The van der Waals surface area contributed by atoms with Crippen LogP contribution in [-0.2, 0) is 16.0 Å². The van der Waals surface area contributed by atoms with E-state index in [9.17, 15) is 14.4 Å². The van der Waals surface area contributed by atoms with Crippen LogP contribution in [0.1, 0.15) is 33.5 Å². The van der Waals surface area contributed by atoms with Crippen LogP contribution < -0.4 is 4.74 Å². The van der Waals surface area contributed by atoms with E-state index >= 15 is 0 Å². The average Bonchev–Trinajstić information content (AvgIpc) is 3.60. The zero-order chi connectivity index (χ0) is 29.5. The van der Waals surface area contributed by atoms with Crippen LogP contribution in [0.25, 0.3) is 16.7 Å². The van der Waals surface area contributed by atoms with Gasteiger partial charge in [-0.3, -0.25) is 18.9 Å². The molecule has 0 saturated carbocycles. The first-order chi connectivity index (χ1) is 19.7. The summed E-state index contributed by atoms with van der Waals surface area (Å²) < 4.78 is 13.3. The van der Waals surface area contributed by atoms with Gasteiger partial charge in [0.25, 0.3) is 5.91 Å². The third kappa shape index (κ3) is 6.92. The fourth-order valence-electron chi connectivity index (χ4n) is 4.34. The lowest BCUT2D eigenvalue weighted by molar-refractivity contribution is -0.119. The fraction of sp³-hybridized carbons (Fsp3) is 0.308. The van der Waals surface area contributed by atoms with Crippen molar-refractivity contribution in [3.05, 3.63) is 66.0 Å². The number of hydrogen-bond donors (Lipinski definition) is 2. The zero-order valence-electron chi connectivity index (χ0n) is 22.7. The van der Waals surface area contributed by atoms with Crippen LogP contribution in [0.5, 0.6) is 5.75 Å². The number of carbonyl (C=O) groups excluding carboxylic acids is 3. The molecule has 4 heterocycles. The summed E-state index contributed by atoms with van der Waals surface area (Å²) in [6.45, 7) is 5.48. The molecule has 0 radical (unpaired) electrons.